The first-order chi connectivity index (χ1) is 67.5. The van der Waals surface area contributed by atoms with E-state index in [4.69, 9.17) is 79.3 Å². The number of likely N-dealkylation sites (N-methyl/N-ethyl adjacent to an activating group) is 3. The molecule has 0 spiro atoms. The van der Waals surface area contributed by atoms with Crippen LogP contribution in [0.2, 0.25) is 0 Å². The average Bonchev–Trinajstić information content (AvgIpc) is 1.63. The van der Waals surface area contributed by atoms with Crippen molar-refractivity contribution in [3.05, 3.63) is 216 Å². The van der Waals surface area contributed by atoms with Gasteiger partial charge in [0.1, 0.15) is 22.4 Å². The molecule has 0 aliphatic carbocycles. The number of hydrogen-bond donors (Lipinski definition) is 6. The molecule has 139 heavy (non-hydrogen) atoms. The van der Waals surface area contributed by atoms with E-state index in [2.05, 4.69) is 141 Å². The highest BCUT2D eigenvalue weighted by atomic mass is 32.1. The Bertz CT molecular complexity index is 6190. The number of nitrogens with zero attached hydrogens (tertiary/aromatic N) is 19. The Labute approximate surface area is 813 Å². The summed E-state index contributed by atoms with van der Waals surface area (Å²) >= 11 is -2.25. The van der Waals surface area contributed by atoms with Gasteiger partial charge in [-0.1, -0.05) is 19.1 Å². The number of piperazine rings is 3. The highest BCUT2D eigenvalue weighted by molar-refractivity contribution is 7.52. The molecule has 6 aromatic heterocycles. The second-order valence-electron chi connectivity index (χ2n) is 34.2. The third kappa shape index (κ3) is 29.4. The average molecular weight is 1960 g/mol. The van der Waals surface area contributed by atoms with E-state index in [9.17, 15) is 23.6 Å². The number of halogens is 1. The summed E-state index contributed by atoms with van der Waals surface area (Å²) in [5, 5.41) is 31.7. The maximum absolute atomic E-state index is 13.2. The molecule has 2 atom stereocenters. The number of amides is 7. The van der Waals surface area contributed by atoms with E-state index in [1.165, 1.54) is 51.4 Å². The zero-order valence-corrected chi connectivity index (χ0v) is 80.4. The van der Waals surface area contributed by atoms with Crippen molar-refractivity contribution in [3.63, 3.8) is 0 Å². The third-order valence-electron chi connectivity index (χ3n) is 24.2. The molecular weight excluding hydrogens is 1850 g/mol. The maximum atomic E-state index is 13.2. The number of fused-ring (bicyclic) bond motifs is 5. The number of rotatable bonds is 20. The van der Waals surface area contributed by atoms with Crippen LogP contribution in [0.1, 0.15) is 52.4 Å². The molecule has 6 N–H and O–H groups in total. The molecule has 40 nitrogen and oxygen atoms in total. The number of carbonyl (C=O) groups excluding carboxylic acids is 6. The van der Waals surface area contributed by atoms with Crippen molar-refractivity contribution >= 4 is 133 Å². The zero-order chi connectivity index (χ0) is 98.3. The van der Waals surface area contributed by atoms with Gasteiger partial charge in [0.25, 0.3) is 5.91 Å². The number of hydrogen-bond acceptors (Lipinski definition) is 30. The molecule has 6 aromatic carbocycles. The van der Waals surface area contributed by atoms with Crippen LogP contribution < -0.4 is 46.6 Å². The molecule has 12 aromatic rings. The van der Waals surface area contributed by atoms with Gasteiger partial charge in [-0.15, -0.1) is 15.3 Å². The topological polar surface area (TPSA) is 428 Å². The minimum absolute atomic E-state index is 0.0934. The summed E-state index contributed by atoms with van der Waals surface area (Å²) in [6.45, 7) is 25.2. The fourth-order valence-corrected chi connectivity index (χ4v) is 16.9. The summed E-state index contributed by atoms with van der Waals surface area (Å²) in [5.41, 5.74) is 14.9. The van der Waals surface area contributed by atoms with Crippen LogP contribution in [0, 0.1) is 5.82 Å². The number of morpholine rings is 3. The molecule has 0 saturated carbocycles. The molecule has 7 amide bonds. The summed E-state index contributed by atoms with van der Waals surface area (Å²) in [4.78, 5) is 104. The van der Waals surface area contributed by atoms with Gasteiger partial charge in [-0.3, -0.25) is 19.5 Å². The molecule has 7 aliphatic rings. The van der Waals surface area contributed by atoms with E-state index in [-0.39, 0.29) is 42.1 Å². The fraction of sp³-hybridized carbons (Fsp3) is 0.379. The van der Waals surface area contributed by atoms with Crippen molar-refractivity contribution in [2.24, 2.45) is 0 Å². The van der Waals surface area contributed by atoms with Gasteiger partial charge in [-0.05, 0) is 214 Å². The van der Waals surface area contributed by atoms with Crippen molar-refractivity contribution in [1.82, 2.24) is 78.1 Å². The number of urea groups is 3. The SMILES string of the molecule is CCc1ccc(NC(=O)Nc2ccc(-c3nc(N4CCOCC4)c4cc(CN5CCN(C)CC5)cn4n3)cc2)cc1.CN1CCN(Cc2cc3c(N4CC5CCC(C4)O5)nc(-c4ccc(NC(=O)Nc5ccc(F)cc5)cc4)nn3c2)CC1.CN1CCN(Cc2cc3c(N4CCOCC4)nc(-c4ccc(NC(=O)Nc5ccc(C(=O)N(C)C)cc5)cc4)nn3c2)CC1.O=C=O.O=S=O.O=S=O.O=S=O. The molecule has 2 unspecified atom stereocenters. The van der Waals surface area contributed by atoms with Crippen LogP contribution in [-0.4, -0.2) is 325 Å². The molecule has 44 heteroatoms. The van der Waals surface area contributed by atoms with Crippen LogP contribution in [0.5, 0.6) is 0 Å². The van der Waals surface area contributed by atoms with Crippen LogP contribution in [0.25, 0.3) is 50.7 Å². The van der Waals surface area contributed by atoms with Crippen molar-refractivity contribution < 1.29 is 72.6 Å². The Kier molecular flexibility index (Phi) is 37.7. The molecule has 13 heterocycles. The van der Waals surface area contributed by atoms with Crippen LogP contribution in [0.3, 0.4) is 0 Å². The van der Waals surface area contributed by atoms with Crippen LogP contribution in [-0.2, 0) is 84.6 Å². The van der Waals surface area contributed by atoms with Crippen molar-refractivity contribution in [2.75, 3.05) is 226 Å². The lowest BCUT2D eigenvalue weighted by Crippen LogP contribution is -2.43. The van der Waals surface area contributed by atoms with E-state index in [1.807, 2.05) is 111 Å². The molecule has 19 rings (SSSR count). The molecule has 7 aliphatic heterocycles. The molecule has 7 saturated heterocycles. The Morgan fingerprint density at radius 3 is 0.957 bits per heavy atom. The summed E-state index contributed by atoms with van der Waals surface area (Å²) in [5.74, 6) is 4.21. The lowest BCUT2D eigenvalue weighted by Gasteiger charge is -2.33. The maximum Gasteiger partial charge on any atom is 0.373 e. The van der Waals surface area contributed by atoms with Gasteiger partial charge in [0.2, 0.25) is 0 Å². The lowest BCUT2D eigenvalue weighted by atomic mass is 10.1. The number of carbonyl (C=O) groups is 4. The predicted molar refractivity (Wildman–Crippen MR) is 526 cm³/mol. The number of aromatic nitrogens is 9. The fourth-order valence-electron chi connectivity index (χ4n) is 16.9. The van der Waals surface area contributed by atoms with Crippen molar-refractivity contribution in [2.45, 2.75) is 58.0 Å². The standard InChI is InChI=1S/C32H39N9O3.C31H35FN8O2.C31H38N8O2.CO2.3O2S/c1-37(2)31(42)25-6-10-27(11-7-25)34-32(43)33-26-8-4-24(5-9-26)29-35-30(40-16-18-44-19-17-40)28-20-23(22-41(28)36-29)21-39-14-12-38(3)13-15-39;1-37-12-14-38(15-13-37)17-21-16-28-30(39-19-26-10-11-27(20-39)42-26)35-29(36-40(28)18-21)22-2-6-24(7-3-22)33-31(41)34-25-8-4-23(32)5-9-25;1-3-23-4-8-26(9-5-23)32-31(40)33-27-10-6-25(7-11-27)29-34-30(38-16-18-41-19-17-38)28-20-24(22-39(28)35-29)21-37-14-12-36(2)13-15-37;2-1-3;3*1-3-2/h4-11,20,22H,12-19,21H2,1-3H3,(H2,33,34,43);2-9,16,18,26-27H,10-15,17,19-20H2,1H3,(H2,33,34,41);4-11,20,22H,3,12-19,21H2,1-2H3,(H2,32,33,40);;;;. The van der Waals surface area contributed by atoms with Gasteiger partial charge >= 0.3 is 59.0 Å². The van der Waals surface area contributed by atoms with Gasteiger partial charge in [0.15, 0.2) is 34.9 Å². The van der Waals surface area contributed by atoms with Crippen LogP contribution in [0.4, 0.5) is 70.4 Å². The normalized spacial score (nSPS) is 16.8. The Hall–Kier alpha value is -13.7. The van der Waals surface area contributed by atoms with Gasteiger partial charge < -0.3 is 80.4 Å². The second-order valence-corrected chi connectivity index (χ2v) is 34.6. The third-order valence-corrected chi connectivity index (χ3v) is 24.2. The number of aryl methyl sites for hydroxylation is 1. The quantitative estimate of drug-likeness (QED) is 0.0414. The van der Waals surface area contributed by atoms with Gasteiger partial charge in [-0.2, -0.15) is 34.8 Å². The first kappa shape index (κ1) is 103. The minimum atomic E-state index is -0.750. The number of nitrogens with one attached hydrogen (secondary N) is 6. The summed E-state index contributed by atoms with van der Waals surface area (Å²) in [6, 6.07) is 48.6. The predicted octanol–water partition coefficient (Wildman–Crippen LogP) is 9.21. The zero-order valence-electron chi connectivity index (χ0n) is 78.0. The second kappa shape index (κ2) is 51.1. The largest absolute Gasteiger partial charge is 0.378 e. The van der Waals surface area contributed by atoms with Gasteiger partial charge in [-0.25, -0.2) is 47.3 Å². The number of ether oxygens (including phenoxy) is 3. The van der Waals surface area contributed by atoms with Crippen molar-refractivity contribution in [3.8, 4) is 34.2 Å². The monoisotopic (exact) mass is 1960 g/mol. The van der Waals surface area contributed by atoms with E-state index in [0.717, 1.165) is 213 Å². The van der Waals surface area contributed by atoms with Gasteiger partial charge in [0.05, 0.1) is 38.6 Å². The smallest absolute Gasteiger partial charge is 0.373 e. The molecule has 732 valence electrons. The van der Waals surface area contributed by atoms with E-state index >= 15 is 0 Å². The number of benzene rings is 6. The Morgan fingerprint density at radius 1 is 0.396 bits per heavy atom. The van der Waals surface area contributed by atoms with E-state index < -0.39 is 40.7 Å². The van der Waals surface area contributed by atoms with E-state index in [1.54, 1.807) is 38.4 Å². The van der Waals surface area contributed by atoms with Crippen LogP contribution >= 0.6 is 0 Å². The number of anilines is 9. The summed E-state index contributed by atoms with van der Waals surface area (Å²) < 4.78 is 86.2. The summed E-state index contributed by atoms with van der Waals surface area (Å²) in [6.07, 6.45) is 10.3. The minimum Gasteiger partial charge on any atom is -0.378 e. The first-order valence-electron chi connectivity index (χ1n) is 45.4. The molecule has 0 radical (unpaired) electrons. The first-order valence-corrected chi connectivity index (χ1v) is 47.4. The lowest BCUT2D eigenvalue weighted by molar-refractivity contribution is -0.191. The van der Waals surface area contributed by atoms with Crippen molar-refractivity contribution in [1.29, 1.82) is 0 Å². The van der Waals surface area contributed by atoms with E-state index in [0.29, 0.717) is 77.9 Å². The van der Waals surface area contributed by atoms with Gasteiger partial charge in [0, 0.05) is 227 Å². The summed E-state index contributed by atoms with van der Waals surface area (Å²) in [7, 11) is 9.93. The highest BCUT2D eigenvalue weighted by Crippen LogP contribution is 2.36. The molecule has 7 fully saturated rings. The Balaban J connectivity index is 0.000000166. The molecule has 2 bridgehead atoms. The van der Waals surface area contributed by atoms with Crippen LogP contribution in [0.15, 0.2) is 182 Å². The molecular formula is C95H112FN25O15S3. The highest BCUT2D eigenvalue weighted by Gasteiger charge is 2.36. The Morgan fingerprint density at radius 2 is 0.669 bits per heavy atom.